The number of fused-ring (bicyclic) bond motifs is 2. The molecule has 0 saturated carbocycles. The fourth-order valence-electron chi connectivity index (χ4n) is 5.27. The fourth-order valence-corrected chi connectivity index (χ4v) is 5.27. The van der Waals surface area contributed by atoms with Crippen LogP contribution in [0.1, 0.15) is 38.2 Å². The van der Waals surface area contributed by atoms with Crippen molar-refractivity contribution in [2.75, 3.05) is 33.2 Å². The third-order valence-electron chi connectivity index (χ3n) is 6.89. The standard InChI is InChI=1S/C21H29F2N3O/c1-13(2)24(3)12-19(27)26-11-18(15-8-16(22)10-17(23)9-15)21-20(26)14-4-6-25(21)7-5-14/h8-10,13-14,18,20-21H,4-7,11-12H2,1-3H3/t18-,20+,21+/m1/s1. The van der Waals surface area contributed by atoms with Gasteiger partial charge in [-0.2, -0.15) is 0 Å². The van der Waals surface area contributed by atoms with Crippen molar-refractivity contribution >= 4 is 5.91 Å². The molecule has 148 valence electrons. The Labute approximate surface area is 160 Å². The number of likely N-dealkylation sites (N-methyl/N-ethyl adjacent to an activating group) is 1. The van der Waals surface area contributed by atoms with Gasteiger partial charge in [-0.25, -0.2) is 8.78 Å². The highest BCUT2D eigenvalue weighted by atomic mass is 19.1. The van der Waals surface area contributed by atoms with E-state index in [4.69, 9.17) is 0 Å². The Bertz CT molecular complexity index is 697. The van der Waals surface area contributed by atoms with Crippen molar-refractivity contribution in [3.63, 3.8) is 0 Å². The summed E-state index contributed by atoms with van der Waals surface area (Å²) in [6.45, 7) is 7.13. The molecule has 4 aliphatic rings. The van der Waals surface area contributed by atoms with Crippen molar-refractivity contribution in [2.24, 2.45) is 5.92 Å². The van der Waals surface area contributed by atoms with Crippen LogP contribution in [0.4, 0.5) is 8.78 Å². The Morgan fingerprint density at radius 1 is 1.15 bits per heavy atom. The minimum atomic E-state index is -0.540. The van der Waals surface area contributed by atoms with E-state index in [0.29, 0.717) is 30.6 Å². The van der Waals surface area contributed by atoms with Crippen molar-refractivity contribution < 1.29 is 13.6 Å². The van der Waals surface area contributed by atoms with E-state index in [0.717, 1.165) is 32.0 Å². The Morgan fingerprint density at radius 3 is 2.37 bits per heavy atom. The average Bonchev–Trinajstić information content (AvgIpc) is 3.04. The number of piperidine rings is 3. The zero-order valence-electron chi connectivity index (χ0n) is 16.4. The van der Waals surface area contributed by atoms with Crippen molar-refractivity contribution in [3.8, 4) is 0 Å². The van der Waals surface area contributed by atoms with Crippen LogP contribution in [0.5, 0.6) is 0 Å². The van der Waals surface area contributed by atoms with Gasteiger partial charge in [-0.05, 0) is 70.4 Å². The molecule has 1 aromatic rings. The van der Waals surface area contributed by atoms with Crippen LogP contribution in [0.15, 0.2) is 18.2 Å². The summed E-state index contributed by atoms with van der Waals surface area (Å²) >= 11 is 0. The molecule has 27 heavy (non-hydrogen) atoms. The number of hydrogen-bond acceptors (Lipinski definition) is 3. The van der Waals surface area contributed by atoms with Crippen molar-refractivity contribution in [3.05, 3.63) is 35.4 Å². The van der Waals surface area contributed by atoms with Gasteiger partial charge >= 0.3 is 0 Å². The first-order valence-electron chi connectivity index (χ1n) is 10.0. The molecule has 6 heteroatoms. The second-order valence-electron chi connectivity index (χ2n) is 8.72. The minimum absolute atomic E-state index is 0.0309. The number of carbonyl (C=O) groups excluding carboxylic acids is 1. The molecule has 0 aromatic heterocycles. The molecule has 3 atom stereocenters. The lowest BCUT2D eigenvalue weighted by Gasteiger charge is -2.51. The van der Waals surface area contributed by atoms with E-state index >= 15 is 0 Å². The van der Waals surface area contributed by atoms with Crippen LogP contribution in [0.3, 0.4) is 0 Å². The molecule has 0 spiro atoms. The predicted molar refractivity (Wildman–Crippen MR) is 100 cm³/mol. The van der Waals surface area contributed by atoms with Gasteiger partial charge in [0, 0.05) is 30.6 Å². The summed E-state index contributed by atoms with van der Waals surface area (Å²) in [6.07, 6.45) is 2.21. The zero-order valence-corrected chi connectivity index (χ0v) is 16.4. The molecule has 0 radical (unpaired) electrons. The number of likely N-dealkylation sites (tertiary alicyclic amines) is 1. The van der Waals surface area contributed by atoms with E-state index in [1.807, 2.05) is 16.8 Å². The van der Waals surface area contributed by atoms with Gasteiger partial charge in [0.05, 0.1) is 12.6 Å². The molecule has 4 aliphatic heterocycles. The maximum absolute atomic E-state index is 13.9. The fraction of sp³-hybridized carbons (Fsp3) is 0.667. The monoisotopic (exact) mass is 377 g/mol. The molecule has 0 aliphatic carbocycles. The van der Waals surface area contributed by atoms with Crippen LogP contribution in [0.2, 0.25) is 0 Å². The predicted octanol–water partition coefficient (Wildman–Crippen LogP) is 2.69. The van der Waals surface area contributed by atoms with Gasteiger partial charge in [-0.3, -0.25) is 14.6 Å². The molecule has 4 heterocycles. The summed E-state index contributed by atoms with van der Waals surface area (Å²) in [5.74, 6) is -0.480. The van der Waals surface area contributed by atoms with Crippen LogP contribution in [0.25, 0.3) is 0 Å². The molecule has 4 nitrogen and oxygen atoms in total. The molecule has 2 bridgehead atoms. The molecule has 1 aromatic carbocycles. The number of halogens is 2. The van der Waals surface area contributed by atoms with Crippen LogP contribution >= 0.6 is 0 Å². The topological polar surface area (TPSA) is 26.8 Å². The minimum Gasteiger partial charge on any atom is -0.336 e. The van der Waals surface area contributed by atoms with Gasteiger partial charge in [0.1, 0.15) is 11.6 Å². The largest absolute Gasteiger partial charge is 0.336 e. The van der Waals surface area contributed by atoms with Crippen molar-refractivity contribution in [2.45, 2.75) is 50.7 Å². The van der Waals surface area contributed by atoms with E-state index in [9.17, 15) is 13.6 Å². The third kappa shape index (κ3) is 3.38. The summed E-state index contributed by atoms with van der Waals surface area (Å²) in [7, 11) is 1.96. The highest BCUT2D eigenvalue weighted by Crippen LogP contribution is 2.46. The van der Waals surface area contributed by atoms with E-state index in [1.54, 1.807) is 0 Å². The second kappa shape index (κ2) is 7.13. The van der Waals surface area contributed by atoms with E-state index in [-0.39, 0.29) is 23.9 Å². The first-order valence-corrected chi connectivity index (χ1v) is 10.0. The number of carbonyl (C=O) groups is 1. The number of rotatable bonds is 4. The summed E-state index contributed by atoms with van der Waals surface area (Å²) in [5.41, 5.74) is 0.683. The first kappa shape index (κ1) is 18.8. The summed E-state index contributed by atoms with van der Waals surface area (Å²) in [4.78, 5) is 19.6. The van der Waals surface area contributed by atoms with Crippen LogP contribution in [-0.2, 0) is 4.79 Å². The van der Waals surface area contributed by atoms with Crippen LogP contribution in [-0.4, -0.2) is 72.0 Å². The highest BCUT2D eigenvalue weighted by Gasteiger charge is 2.54. The maximum atomic E-state index is 13.9. The summed E-state index contributed by atoms with van der Waals surface area (Å²) in [5, 5.41) is 0. The number of nitrogens with zero attached hydrogens (tertiary/aromatic N) is 3. The van der Waals surface area contributed by atoms with Crippen LogP contribution in [0, 0.1) is 17.6 Å². The van der Waals surface area contributed by atoms with Crippen molar-refractivity contribution in [1.82, 2.24) is 14.7 Å². The Hall–Kier alpha value is -1.53. The quantitative estimate of drug-likeness (QED) is 0.807. The number of hydrogen-bond donors (Lipinski definition) is 0. The van der Waals surface area contributed by atoms with Gasteiger partial charge in [0.2, 0.25) is 5.91 Å². The molecule has 4 saturated heterocycles. The SMILES string of the molecule is CC(C)N(C)CC(=O)N1C[C@H](c2cc(F)cc(F)c2)[C@H]2[C@@H]1C1CCN2CC1. The smallest absolute Gasteiger partial charge is 0.237 e. The third-order valence-corrected chi connectivity index (χ3v) is 6.89. The maximum Gasteiger partial charge on any atom is 0.237 e. The molecule has 0 unspecified atom stereocenters. The van der Waals surface area contributed by atoms with Gasteiger partial charge < -0.3 is 4.90 Å². The van der Waals surface area contributed by atoms with Gasteiger partial charge in [0.15, 0.2) is 0 Å². The Morgan fingerprint density at radius 2 is 1.78 bits per heavy atom. The molecule has 1 amide bonds. The normalized spacial score (nSPS) is 32.4. The van der Waals surface area contributed by atoms with Crippen LogP contribution < -0.4 is 0 Å². The lowest BCUT2D eigenvalue weighted by Crippen LogP contribution is -2.61. The molecule has 5 rings (SSSR count). The average molecular weight is 377 g/mol. The Kier molecular flexibility index (Phi) is 4.97. The first-order chi connectivity index (χ1) is 12.8. The Balaban J connectivity index is 1.65. The summed E-state index contributed by atoms with van der Waals surface area (Å²) < 4.78 is 27.7. The molecular weight excluding hydrogens is 348 g/mol. The van der Waals surface area contributed by atoms with E-state index < -0.39 is 11.6 Å². The zero-order chi connectivity index (χ0) is 19.3. The molecule has 4 fully saturated rings. The number of amides is 1. The lowest BCUT2D eigenvalue weighted by atomic mass is 9.75. The van der Waals surface area contributed by atoms with Gasteiger partial charge in [0.25, 0.3) is 0 Å². The highest BCUT2D eigenvalue weighted by molar-refractivity contribution is 5.79. The summed E-state index contributed by atoms with van der Waals surface area (Å²) in [6, 6.07) is 4.45. The van der Waals surface area contributed by atoms with Gasteiger partial charge in [-0.1, -0.05) is 0 Å². The molecular formula is C21H29F2N3O. The van der Waals surface area contributed by atoms with Gasteiger partial charge in [-0.15, -0.1) is 0 Å². The number of benzene rings is 1. The lowest BCUT2D eigenvalue weighted by molar-refractivity contribution is -0.137. The molecule has 0 N–H and O–H groups in total. The van der Waals surface area contributed by atoms with Crippen molar-refractivity contribution in [1.29, 1.82) is 0 Å². The second-order valence-corrected chi connectivity index (χ2v) is 8.72. The van der Waals surface area contributed by atoms with E-state index in [2.05, 4.69) is 18.7 Å². The van der Waals surface area contributed by atoms with E-state index in [1.165, 1.54) is 12.1 Å².